The van der Waals surface area contributed by atoms with Crippen LogP contribution in [0.1, 0.15) is 84.4 Å². The third-order valence-electron chi connectivity index (χ3n) is 3.50. The van der Waals surface area contributed by atoms with E-state index in [9.17, 15) is 0 Å². The molecule has 0 saturated heterocycles. The highest BCUT2D eigenvalue weighted by Gasteiger charge is 2.10. The van der Waals surface area contributed by atoms with E-state index in [-0.39, 0.29) is 5.54 Å². The van der Waals surface area contributed by atoms with E-state index in [4.69, 9.17) is 4.42 Å². The van der Waals surface area contributed by atoms with Crippen LogP contribution in [0.2, 0.25) is 0 Å². The van der Waals surface area contributed by atoms with E-state index in [1.54, 1.807) is 0 Å². The van der Waals surface area contributed by atoms with Crippen molar-refractivity contribution in [2.45, 2.75) is 91.0 Å². The summed E-state index contributed by atoms with van der Waals surface area (Å²) in [5.74, 6) is 1.55. The predicted octanol–water partition coefficient (Wildman–Crippen LogP) is 4.29. The lowest BCUT2D eigenvalue weighted by atomic mass is 10.1. The van der Waals surface area contributed by atoms with Gasteiger partial charge < -0.3 is 9.73 Å². The fraction of sp³-hybridized carbons (Fsp3) is 0.882. The minimum atomic E-state index is 0.140. The topological polar surface area (TPSA) is 51.0 Å². The molecule has 4 nitrogen and oxygen atoms in total. The molecule has 0 bridgehead atoms. The average molecular weight is 295 g/mol. The molecule has 1 aromatic heterocycles. The number of hydrogen-bond donors (Lipinski definition) is 1. The van der Waals surface area contributed by atoms with Crippen molar-refractivity contribution in [3.8, 4) is 0 Å². The van der Waals surface area contributed by atoms with Crippen LogP contribution in [0.4, 0.5) is 0 Å². The molecule has 0 amide bonds. The number of aromatic nitrogens is 2. The Bertz CT molecular complexity index is 368. The van der Waals surface area contributed by atoms with Crippen LogP contribution >= 0.6 is 0 Å². The molecule has 1 heterocycles. The molecule has 0 saturated carbocycles. The van der Waals surface area contributed by atoms with Crippen LogP contribution in [0, 0.1) is 0 Å². The minimum absolute atomic E-state index is 0.140. The quantitative estimate of drug-likeness (QED) is 0.619. The minimum Gasteiger partial charge on any atom is -0.425 e. The van der Waals surface area contributed by atoms with Crippen molar-refractivity contribution in [3.05, 3.63) is 11.8 Å². The van der Waals surface area contributed by atoms with Crippen LogP contribution in [0.3, 0.4) is 0 Å². The van der Waals surface area contributed by atoms with Crippen LogP contribution in [-0.2, 0) is 12.8 Å². The molecule has 0 aliphatic rings. The van der Waals surface area contributed by atoms with Crippen LogP contribution in [0.15, 0.2) is 4.42 Å². The lowest BCUT2D eigenvalue weighted by Crippen LogP contribution is -2.37. The second-order valence-electron chi connectivity index (χ2n) is 6.89. The SMILES string of the molecule is CCCCCCCCCc1nnc(CCNC(C)(C)C)o1. The standard InChI is InChI=1S/C17H33N3O/c1-5-6-7-8-9-10-11-12-15-19-20-16(21-15)13-14-18-17(2,3)4/h18H,5-14H2,1-4H3. The Hall–Kier alpha value is -0.900. The van der Waals surface area contributed by atoms with Crippen molar-refractivity contribution in [3.63, 3.8) is 0 Å². The van der Waals surface area contributed by atoms with E-state index >= 15 is 0 Å². The molecule has 0 fully saturated rings. The van der Waals surface area contributed by atoms with Gasteiger partial charge in [-0.15, -0.1) is 10.2 Å². The summed E-state index contributed by atoms with van der Waals surface area (Å²) in [6.45, 7) is 9.61. The first kappa shape index (κ1) is 18.1. The van der Waals surface area contributed by atoms with Gasteiger partial charge in [-0.05, 0) is 27.2 Å². The summed E-state index contributed by atoms with van der Waals surface area (Å²) in [6.07, 6.45) is 10.9. The summed E-state index contributed by atoms with van der Waals surface area (Å²) < 4.78 is 5.68. The van der Waals surface area contributed by atoms with Gasteiger partial charge in [0.2, 0.25) is 11.8 Å². The Morgan fingerprint density at radius 1 is 0.857 bits per heavy atom. The molecule has 1 N–H and O–H groups in total. The summed E-state index contributed by atoms with van der Waals surface area (Å²) in [5.41, 5.74) is 0.140. The van der Waals surface area contributed by atoms with Crippen molar-refractivity contribution >= 4 is 0 Å². The van der Waals surface area contributed by atoms with E-state index in [0.29, 0.717) is 0 Å². The number of aryl methyl sites for hydroxylation is 1. The largest absolute Gasteiger partial charge is 0.425 e. The number of nitrogens with one attached hydrogen (secondary N) is 1. The molecule has 122 valence electrons. The maximum Gasteiger partial charge on any atom is 0.217 e. The summed E-state index contributed by atoms with van der Waals surface area (Å²) in [7, 11) is 0. The molecular formula is C17H33N3O. The van der Waals surface area contributed by atoms with Gasteiger partial charge in [0.25, 0.3) is 0 Å². The molecule has 4 heteroatoms. The molecular weight excluding hydrogens is 262 g/mol. The molecule has 21 heavy (non-hydrogen) atoms. The van der Waals surface area contributed by atoms with Gasteiger partial charge >= 0.3 is 0 Å². The zero-order valence-corrected chi connectivity index (χ0v) is 14.4. The smallest absolute Gasteiger partial charge is 0.217 e. The third-order valence-corrected chi connectivity index (χ3v) is 3.50. The number of rotatable bonds is 11. The number of nitrogens with zero attached hydrogens (tertiary/aromatic N) is 2. The fourth-order valence-electron chi connectivity index (χ4n) is 2.27. The molecule has 1 rings (SSSR count). The first-order valence-electron chi connectivity index (χ1n) is 8.57. The normalized spacial score (nSPS) is 12.0. The number of unbranched alkanes of at least 4 members (excludes halogenated alkanes) is 6. The Kier molecular flexibility index (Phi) is 8.58. The zero-order chi connectivity index (χ0) is 15.6. The second kappa shape index (κ2) is 9.93. The highest BCUT2D eigenvalue weighted by Crippen LogP contribution is 2.10. The van der Waals surface area contributed by atoms with E-state index in [0.717, 1.165) is 37.6 Å². The van der Waals surface area contributed by atoms with Gasteiger partial charge in [-0.1, -0.05) is 45.4 Å². The molecule has 0 aliphatic carbocycles. The Balaban J connectivity index is 2.09. The monoisotopic (exact) mass is 295 g/mol. The Morgan fingerprint density at radius 3 is 2.05 bits per heavy atom. The highest BCUT2D eigenvalue weighted by atomic mass is 16.4. The van der Waals surface area contributed by atoms with Gasteiger partial charge in [0.05, 0.1) is 0 Å². The summed E-state index contributed by atoms with van der Waals surface area (Å²) in [4.78, 5) is 0. The van der Waals surface area contributed by atoms with E-state index in [1.807, 2.05) is 0 Å². The van der Waals surface area contributed by atoms with Crippen LogP contribution in [0.25, 0.3) is 0 Å². The lowest BCUT2D eigenvalue weighted by molar-refractivity contribution is 0.399. The molecule has 0 aromatic carbocycles. The molecule has 0 unspecified atom stereocenters. The van der Waals surface area contributed by atoms with Crippen LogP contribution in [-0.4, -0.2) is 22.3 Å². The fourth-order valence-corrected chi connectivity index (χ4v) is 2.27. The third kappa shape index (κ3) is 9.62. The van der Waals surface area contributed by atoms with Crippen LogP contribution in [0.5, 0.6) is 0 Å². The predicted molar refractivity (Wildman–Crippen MR) is 87.5 cm³/mol. The molecule has 0 atom stereocenters. The van der Waals surface area contributed by atoms with Crippen molar-refractivity contribution < 1.29 is 4.42 Å². The summed E-state index contributed by atoms with van der Waals surface area (Å²) in [5, 5.41) is 11.7. The molecule has 0 aliphatic heterocycles. The van der Waals surface area contributed by atoms with E-state index < -0.39 is 0 Å². The average Bonchev–Trinajstić information content (AvgIpc) is 2.84. The molecule has 1 aromatic rings. The van der Waals surface area contributed by atoms with Crippen molar-refractivity contribution in [1.29, 1.82) is 0 Å². The molecule has 0 radical (unpaired) electrons. The first-order chi connectivity index (χ1) is 10.0. The van der Waals surface area contributed by atoms with Crippen molar-refractivity contribution in [1.82, 2.24) is 15.5 Å². The zero-order valence-electron chi connectivity index (χ0n) is 14.4. The summed E-state index contributed by atoms with van der Waals surface area (Å²) >= 11 is 0. The summed E-state index contributed by atoms with van der Waals surface area (Å²) in [6, 6.07) is 0. The van der Waals surface area contributed by atoms with E-state index in [2.05, 4.69) is 43.2 Å². The molecule has 0 spiro atoms. The Labute approximate surface area is 130 Å². The second-order valence-corrected chi connectivity index (χ2v) is 6.89. The maximum absolute atomic E-state index is 5.68. The Morgan fingerprint density at radius 2 is 1.43 bits per heavy atom. The van der Waals surface area contributed by atoms with Crippen molar-refractivity contribution in [2.75, 3.05) is 6.54 Å². The lowest BCUT2D eigenvalue weighted by Gasteiger charge is -2.19. The number of hydrogen-bond acceptors (Lipinski definition) is 4. The van der Waals surface area contributed by atoms with Gasteiger partial charge in [-0.2, -0.15) is 0 Å². The first-order valence-corrected chi connectivity index (χ1v) is 8.57. The van der Waals surface area contributed by atoms with Gasteiger partial charge in [-0.3, -0.25) is 0 Å². The van der Waals surface area contributed by atoms with E-state index in [1.165, 1.54) is 38.5 Å². The maximum atomic E-state index is 5.68. The van der Waals surface area contributed by atoms with Crippen molar-refractivity contribution in [2.24, 2.45) is 0 Å². The van der Waals surface area contributed by atoms with Gasteiger partial charge in [0.1, 0.15) is 0 Å². The highest BCUT2D eigenvalue weighted by molar-refractivity contribution is 4.84. The van der Waals surface area contributed by atoms with Gasteiger partial charge in [0, 0.05) is 24.9 Å². The van der Waals surface area contributed by atoms with Gasteiger partial charge in [-0.25, -0.2) is 0 Å². The van der Waals surface area contributed by atoms with Crippen LogP contribution < -0.4 is 5.32 Å². The van der Waals surface area contributed by atoms with Gasteiger partial charge in [0.15, 0.2) is 0 Å².